The van der Waals surface area contributed by atoms with Gasteiger partial charge in [-0.2, -0.15) is 0 Å². The van der Waals surface area contributed by atoms with Gasteiger partial charge in [0.05, 0.1) is 12.5 Å². The van der Waals surface area contributed by atoms with Crippen molar-refractivity contribution in [2.45, 2.75) is 5.92 Å². The van der Waals surface area contributed by atoms with Gasteiger partial charge in [-0.15, -0.1) is 5.73 Å². The molecule has 14 heavy (non-hydrogen) atoms. The summed E-state index contributed by atoms with van der Waals surface area (Å²) in [6.07, 6.45) is 5.10. The molecule has 0 aliphatic carbocycles. The molecule has 0 saturated carbocycles. The predicted molar refractivity (Wildman–Crippen MR) is 53.0 cm³/mol. The van der Waals surface area contributed by atoms with E-state index in [-0.39, 0.29) is 5.92 Å². The highest BCUT2D eigenvalue weighted by Crippen LogP contribution is 2.26. The SMILES string of the molecule is C=C=CC(c1ccco1)c1ccco1. The monoisotopic (exact) mass is 186 g/mol. The van der Waals surface area contributed by atoms with Crippen LogP contribution in [0.3, 0.4) is 0 Å². The summed E-state index contributed by atoms with van der Waals surface area (Å²) in [5.41, 5.74) is 2.75. The van der Waals surface area contributed by atoms with E-state index in [4.69, 9.17) is 8.83 Å². The fourth-order valence-corrected chi connectivity index (χ4v) is 1.36. The summed E-state index contributed by atoms with van der Waals surface area (Å²) >= 11 is 0. The van der Waals surface area contributed by atoms with Crippen LogP contribution in [-0.2, 0) is 0 Å². The summed E-state index contributed by atoms with van der Waals surface area (Å²) in [5.74, 6) is 1.63. The molecule has 0 fully saturated rings. The number of hydrogen-bond donors (Lipinski definition) is 0. The maximum Gasteiger partial charge on any atom is 0.118 e. The van der Waals surface area contributed by atoms with Gasteiger partial charge < -0.3 is 8.83 Å². The highest BCUT2D eigenvalue weighted by atomic mass is 16.3. The molecule has 2 rings (SSSR count). The van der Waals surface area contributed by atoms with Crippen LogP contribution >= 0.6 is 0 Å². The summed E-state index contributed by atoms with van der Waals surface area (Å²) in [5, 5.41) is 0. The molecule has 0 aliphatic heterocycles. The van der Waals surface area contributed by atoms with Gasteiger partial charge in [0.2, 0.25) is 0 Å². The van der Waals surface area contributed by atoms with Gasteiger partial charge in [-0.25, -0.2) is 0 Å². The molecule has 70 valence electrons. The third-order valence-corrected chi connectivity index (χ3v) is 1.98. The molecule has 0 radical (unpaired) electrons. The fourth-order valence-electron chi connectivity index (χ4n) is 1.36. The minimum atomic E-state index is -0.0301. The average Bonchev–Trinajstić information content (AvgIpc) is 2.87. The molecule has 2 aromatic heterocycles. The Morgan fingerprint density at radius 2 is 1.71 bits per heavy atom. The molecular formula is C12H10O2. The number of hydrogen-bond acceptors (Lipinski definition) is 2. The smallest absolute Gasteiger partial charge is 0.118 e. The highest BCUT2D eigenvalue weighted by molar-refractivity contribution is 5.24. The van der Waals surface area contributed by atoms with E-state index in [2.05, 4.69) is 12.3 Å². The van der Waals surface area contributed by atoms with Gasteiger partial charge in [0.25, 0.3) is 0 Å². The van der Waals surface area contributed by atoms with Gasteiger partial charge in [0.15, 0.2) is 0 Å². The van der Waals surface area contributed by atoms with Gasteiger partial charge >= 0.3 is 0 Å². The predicted octanol–water partition coefficient (Wildman–Crippen LogP) is 3.35. The van der Waals surface area contributed by atoms with Gasteiger partial charge in [-0.05, 0) is 30.3 Å². The Bertz CT molecular complexity index is 383. The van der Waals surface area contributed by atoms with E-state index in [0.29, 0.717) is 0 Å². The zero-order chi connectivity index (χ0) is 9.80. The van der Waals surface area contributed by atoms with Crippen LogP contribution in [0.15, 0.2) is 64.0 Å². The molecule has 2 heteroatoms. The molecule has 2 aromatic rings. The second-order valence-electron chi connectivity index (χ2n) is 2.88. The van der Waals surface area contributed by atoms with Crippen LogP contribution in [0, 0.1) is 0 Å². The second-order valence-corrected chi connectivity index (χ2v) is 2.88. The minimum absolute atomic E-state index is 0.0301. The Balaban J connectivity index is 2.39. The summed E-state index contributed by atoms with van der Waals surface area (Å²) in [4.78, 5) is 0. The van der Waals surface area contributed by atoms with E-state index in [1.807, 2.05) is 30.3 Å². The van der Waals surface area contributed by atoms with Gasteiger partial charge in [-0.1, -0.05) is 6.58 Å². The van der Waals surface area contributed by atoms with Crippen molar-refractivity contribution in [3.05, 3.63) is 66.7 Å². The zero-order valence-corrected chi connectivity index (χ0v) is 7.64. The fraction of sp³-hybridized carbons (Fsp3) is 0.0833. The summed E-state index contributed by atoms with van der Waals surface area (Å²) < 4.78 is 10.6. The molecule has 0 spiro atoms. The second kappa shape index (κ2) is 3.86. The number of furan rings is 2. The lowest BCUT2D eigenvalue weighted by Gasteiger charge is -2.04. The molecule has 0 aliphatic rings. The first-order valence-electron chi connectivity index (χ1n) is 4.34. The van der Waals surface area contributed by atoms with E-state index in [9.17, 15) is 0 Å². The highest BCUT2D eigenvalue weighted by Gasteiger charge is 2.15. The molecular weight excluding hydrogens is 176 g/mol. The molecule has 0 atom stereocenters. The van der Waals surface area contributed by atoms with Crippen molar-refractivity contribution in [3.8, 4) is 0 Å². The zero-order valence-electron chi connectivity index (χ0n) is 7.64. The van der Waals surface area contributed by atoms with Crippen molar-refractivity contribution in [1.82, 2.24) is 0 Å². The number of rotatable bonds is 3. The Labute approximate surface area is 82.2 Å². The van der Waals surface area contributed by atoms with E-state index in [1.54, 1.807) is 12.5 Å². The molecule has 0 saturated heterocycles. The Hall–Kier alpha value is -1.92. The van der Waals surface area contributed by atoms with E-state index < -0.39 is 0 Å². The molecule has 0 aromatic carbocycles. The Kier molecular flexibility index (Phi) is 2.39. The quantitative estimate of drug-likeness (QED) is 0.687. The van der Waals surface area contributed by atoms with Crippen LogP contribution in [-0.4, -0.2) is 0 Å². The Morgan fingerprint density at radius 1 is 1.14 bits per heavy atom. The lowest BCUT2D eigenvalue weighted by Crippen LogP contribution is -1.92. The minimum Gasteiger partial charge on any atom is -0.468 e. The van der Waals surface area contributed by atoms with Gasteiger partial charge in [-0.3, -0.25) is 0 Å². The van der Waals surface area contributed by atoms with Crippen molar-refractivity contribution in [1.29, 1.82) is 0 Å². The lowest BCUT2D eigenvalue weighted by atomic mass is 10.0. The number of allylic oxidation sites excluding steroid dienone is 1. The van der Waals surface area contributed by atoms with E-state index >= 15 is 0 Å². The first-order valence-corrected chi connectivity index (χ1v) is 4.34. The van der Waals surface area contributed by atoms with Crippen LogP contribution in [0.4, 0.5) is 0 Å². The normalized spacial score (nSPS) is 10.1. The van der Waals surface area contributed by atoms with Crippen LogP contribution in [0.2, 0.25) is 0 Å². The third-order valence-electron chi connectivity index (χ3n) is 1.98. The average molecular weight is 186 g/mol. The summed E-state index contributed by atoms with van der Waals surface area (Å²) in [6, 6.07) is 7.51. The van der Waals surface area contributed by atoms with E-state index in [1.165, 1.54) is 0 Å². The van der Waals surface area contributed by atoms with Crippen LogP contribution in [0.5, 0.6) is 0 Å². The molecule has 0 amide bonds. The first-order chi connectivity index (χ1) is 6.92. The largest absolute Gasteiger partial charge is 0.468 e. The topological polar surface area (TPSA) is 26.3 Å². The van der Waals surface area contributed by atoms with Crippen molar-refractivity contribution in [2.24, 2.45) is 0 Å². The lowest BCUT2D eigenvalue weighted by molar-refractivity contribution is 0.454. The third kappa shape index (κ3) is 1.56. The molecule has 0 bridgehead atoms. The standard InChI is InChI=1S/C12H10O2/c1-2-5-10(11-6-3-8-13-11)12-7-4-9-14-12/h3-10H,1H2. The molecule has 2 heterocycles. The maximum atomic E-state index is 5.31. The van der Waals surface area contributed by atoms with Gasteiger partial charge in [0, 0.05) is 0 Å². The van der Waals surface area contributed by atoms with Crippen LogP contribution in [0.1, 0.15) is 17.4 Å². The van der Waals surface area contributed by atoms with E-state index in [0.717, 1.165) is 11.5 Å². The van der Waals surface area contributed by atoms with Crippen LogP contribution < -0.4 is 0 Å². The van der Waals surface area contributed by atoms with Crippen molar-refractivity contribution in [3.63, 3.8) is 0 Å². The van der Waals surface area contributed by atoms with Crippen molar-refractivity contribution >= 4 is 0 Å². The molecule has 0 unspecified atom stereocenters. The summed E-state index contributed by atoms with van der Waals surface area (Å²) in [6.45, 7) is 3.56. The molecule has 2 nitrogen and oxygen atoms in total. The van der Waals surface area contributed by atoms with Crippen molar-refractivity contribution in [2.75, 3.05) is 0 Å². The van der Waals surface area contributed by atoms with Crippen LogP contribution in [0.25, 0.3) is 0 Å². The molecule has 0 N–H and O–H groups in total. The summed E-state index contributed by atoms with van der Waals surface area (Å²) in [7, 11) is 0. The first kappa shape index (κ1) is 8.67. The van der Waals surface area contributed by atoms with Gasteiger partial charge in [0.1, 0.15) is 17.4 Å². The van der Waals surface area contributed by atoms with Crippen molar-refractivity contribution < 1.29 is 8.83 Å². The maximum absolute atomic E-state index is 5.31. The Morgan fingerprint density at radius 3 is 2.07 bits per heavy atom.